The molecule has 32 heavy (non-hydrogen) atoms. The number of piperidine rings is 1. The molecule has 9 nitrogen and oxygen atoms in total. The number of carbonyl (C=O) groups is 1. The molecule has 1 amide bonds. The minimum absolute atomic E-state index is 0.0245. The number of likely N-dealkylation sites (tertiary alicyclic amines) is 1. The van der Waals surface area contributed by atoms with Crippen molar-refractivity contribution in [2.45, 2.75) is 25.9 Å². The van der Waals surface area contributed by atoms with E-state index in [1.165, 1.54) is 0 Å². The van der Waals surface area contributed by atoms with E-state index in [4.69, 9.17) is 14.2 Å². The molecule has 2 aromatic heterocycles. The van der Waals surface area contributed by atoms with Crippen LogP contribution >= 0.6 is 0 Å². The maximum Gasteiger partial charge on any atom is 0.272 e. The number of amides is 1. The fourth-order valence-electron chi connectivity index (χ4n) is 3.82. The van der Waals surface area contributed by atoms with Crippen molar-refractivity contribution >= 4 is 5.91 Å². The van der Waals surface area contributed by atoms with E-state index < -0.39 is 0 Å². The van der Waals surface area contributed by atoms with Gasteiger partial charge in [-0.1, -0.05) is 0 Å². The van der Waals surface area contributed by atoms with E-state index >= 15 is 0 Å². The summed E-state index contributed by atoms with van der Waals surface area (Å²) < 4.78 is 18.4. The summed E-state index contributed by atoms with van der Waals surface area (Å²) in [4.78, 5) is 23.4. The lowest BCUT2D eigenvalue weighted by Crippen LogP contribution is -2.42. The molecule has 3 aromatic rings. The smallest absolute Gasteiger partial charge is 0.272 e. The Balaban J connectivity index is 1.45. The van der Waals surface area contributed by atoms with Gasteiger partial charge in [-0.3, -0.25) is 9.48 Å². The average Bonchev–Trinajstić information content (AvgIpc) is 3.20. The first kappa shape index (κ1) is 21.6. The van der Waals surface area contributed by atoms with Gasteiger partial charge < -0.3 is 19.1 Å². The molecular formula is C23H27N5O4. The number of ether oxygens (including phenoxy) is 3. The summed E-state index contributed by atoms with van der Waals surface area (Å²) in [6, 6.07) is 9.06. The molecule has 0 radical (unpaired) electrons. The predicted octanol–water partition coefficient (Wildman–Crippen LogP) is 2.89. The van der Waals surface area contributed by atoms with E-state index in [-0.39, 0.29) is 12.0 Å². The maximum atomic E-state index is 13.2. The Kier molecular flexibility index (Phi) is 6.25. The average molecular weight is 438 g/mol. The Labute approximate surface area is 186 Å². The molecule has 0 N–H and O–H groups in total. The molecule has 4 rings (SSSR count). The third-order valence-corrected chi connectivity index (χ3v) is 5.55. The van der Waals surface area contributed by atoms with Crippen molar-refractivity contribution in [1.82, 2.24) is 24.6 Å². The molecule has 1 aliphatic rings. The lowest BCUT2D eigenvalue weighted by atomic mass is 10.1. The topological polar surface area (TPSA) is 91.6 Å². The minimum atomic E-state index is -0.0514. The number of hydrogen-bond donors (Lipinski definition) is 0. The van der Waals surface area contributed by atoms with Gasteiger partial charge in [-0.25, -0.2) is 4.98 Å². The molecular weight excluding hydrogens is 410 g/mol. The summed E-state index contributed by atoms with van der Waals surface area (Å²) in [7, 11) is 4.99. The van der Waals surface area contributed by atoms with Crippen molar-refractivity contribution in [3.05, 3.63) is 48.0 Å². The molecule has 3 heterocycles. The zero-order valence-electron chi connectivity index (χ0n) is 18.7. The van der Waals surface area contributed by atoms with Crippen molar-refractivity contribution in [2.24, 2.45) is 7.05 Å². The highest BCUT2D eigenvalue weighted by Crippen LogP contribution is 2.33. The molecule has 0 saturated carbocycles. The first-order valence-corrected chi connectivity index (χ1v) is 10.5. The van der Waals surface area contributed by atoms with Crippen LogP contribution in [-0.4, -0.2) is 64.0 Å². The molecule has 0 spiro atoms. The zero-order chi connectivity index (χ0) is 22.7. The Hall–Kier alpha value is -3.62. The lowest BCUT2D eigenvalue weighted by molar-refractivity contribution is 0.0577. The van der Waals surface area contributed by atoms with E-state index in [9.17, 15) is 4.79 Å². The molecule has 1 fully saturated rings. The second-order valence-electron chi connectivity index (χ2n) is 7.66. The van der Waals surface area contributed by atoms with Gasteiger partial charge >= 0.3 is 0 Å². The number of aryl methyl sites for hydroxylation is 2. The van der Waals surface area contributed by atoms with E-state index in [1.54, 1.807) is 44.3 Å². The Morgan fingerprint density at radius 3 is 2.56 bits per heavy atom. The number of rotatable bonds is 6. The highest BCUT2D eigenvalue weighted by atomic mass is 16.5. The van der Waals surface area contributed by atoms with Gasteiger partial charge in [-0.05, 0) is 31.2 Å². The SMILES string of the molecule is COc1ccc(OC)c(-c2cc(C(=O)N3CCC(Oc4ccnc(C)n4)CC3)n(C)n2)c1. The van der Waals surface area contributed by atoms with Gasteiger partial charge in [0.1, 0.15) is 29.1 Å². The normalized spacial score (nSPS) is 14.3. The van der Waals surface area contributed by atoms with Crippen LogP contribution in [0.5, 0.6) is 17.4 Å². The van der Waals surface area contributed by atoms with Crippen molar-refractivity contribution in [3.8, 4) is 28.6 Å². The second kappa shape index (κ2) is 9.25. The first-order valence-electron chi connectivity index (χ1n) is 10.5. The molecule has 9 heteroatoms. The molecule has 0 aliphatic carbocycles. The Morgan fingerprint density at radius 2 is 1.88 bits per heavy atom. The van der Waals surface area contributed by atoms with E-state index in [2.05, 4.69) is 15.1 Å². The quantitative estimate of drug-likeness (QED) is 0.586. The maximum absolute atomic E-state index is 13.2. The van der Waals surface area contributed by atoms with Gasteiger partial charge in [0.05, 0.1) is 19.9 Å². The number of aromatic nitrogens is 4. The van der Waals surface area contributed by atoms with Gasteiger partial charge in [-0.15, -0.1) is 0 Å². The number of nitrogens with zero attached hydrogens (tertiary/aromatic N) is 5. The van der Waals surface area contributed by atoms with Crippen molar-refractivity contribution in [3.63, 3.8) is 0 Å². The molecule has 0 unspecified atom stereocenters. The number of carbonyl (C=O) groups excluding carboxylic acids is 1. The number of methoxy groups -OCH3 is 2. The summed E-state index contributed by atoms with van der Waals surface area (Å²) in [5.41, 5.74) is 1.95. The second-order valence-corrected chi connectivity index (χ2v) is 7.66. The van der Waals surface area contributed by atoms with Crippen LogP contribution in [0.2, 0.25) is 0 Å². The summed E-state index contributed by atoms with van der Waals surface area (Å²) >= 11 is 0. The van der Waals surface area contributed by atoms with E-state index in [1.807, 2.05) is 30.0 Å². The third-order valence-electron chi connectivity index (χ3n) is 5.55. The number of benzene rings is 1. The highest BCUT2D eigenvalue weighted by molar-refractivity contribution is 5.94. The largest absolute Gasteiger partial charge is 0.497 e. The monoisotopic (exact) mass is 437 g/mol. The Morgan fingerprint density at radius 1 is 1.09 bits per heavy atom. The van der Waals surface area contributed by atoms with Crippen molar-refractivity contribution < 1.29 is 19.0 Å². The van der Waals surface area contributed by atoms with Gasteiger partial charge in [0, 0.05) is 50.8 Å². The molecule has 1 saturated heterocycles. The summed E-state index contributed by atoms with van der Waals surface area (Å²) in [5.74, 6) is 2.56. The standard InChI is InChI=1S/C23H27N5O4/c1-15-24-10-7-22(25-15)32-16-8-11-28(12-9-16)23(29)20-14-19(26-27(20)2)18-13-17(30-3)5-6-21(18)31-4/h5-7,10,13-14,16H,8-9,11-12H2,1-4H3. The number of hydrogen-bond acceptors (Lipinski definition) is 7. The van der Waals surface area contributed by atoms with Crippen LogP contribution in [0.1, 0.15) is 29.2 Å². The highest BCUT2D eigenvalue weighted by Gasteiger charge is 2.27. The van der Waals surface area contributed by atoms with Crippen LogP contribution < -0.4 is 14.2 Å². The van der Waals surface area contributed by atoms with Gasteiger partial charge in [0.25, 0.3) is 5.91 Å². The molecule has 1 aliphatic heterocycles. The fourth-order valence-corrected chi connectivity index (χ4v) is 3.82. The Bertz CT molecular complexity index is 1110. The van der Waals surface area contributed by atoms with Crippen molar-refractivity contribution in [2.75, 3.05) is 27.3 Å². The van der Waals surface area contributed by atoms with Crippen LogP contribution in [-0.2, 0) is 7.05 Å². The molecule has 168 valence electrons. The van der Waals surface area contributed by atoms with E-state index in [0.29, 0.717) is 47.7 Å². The summed E-state index contributed by atoms with van der Waals surface area (Å²) in [6.07, 6.45) is 3.19. The zero-order valence-corrected chi connectivity index (χ0v) is 18.7. The lowest BCUT2D eigenvalue weighted by Gasteiger charge is -2.31. The van der Waals surface area contributed by atoms with Crippen molar-refractivity contribution in [1.29, 1.82) is 0 Å². The molecule has 0 bridgehead atoms. The fraction of sp³-hybridized carbons (Fsp3) is 0.391. The molecule has 0 atom stereocenters. The van der Waals surface area contributed by atoms with Gasteiger partial charge in [0.2, 0.25) is 5.88 Å². The van der Waals surface area contributed by atoms with E-state index in [0.717, 1.165) is 18.4 Å². The van der Waals surface area contributed by atoms with Crippen LogP contribution in [0.4, 0.5) is 0 Å². The third kappa shape index (κ3) is 4.51. The van der Waals surface area contributed by atoms with Gasteiger partial charge in [0.15, 0.2) is 0 Å². The van der Waals surface area contributed by atoms with Crippen LogP contribution in [0.25, 0.3) is 11.3 Å². The summed E-state index contributed by atoms with van der Waals surface area (Å²) in [5, 5.41) is 4.55. The van der Waals surface area contributed by atoms with Crippen LogP contribution in [0.15, 0.2) is 36.5 Å². The molecule has 1 aromatic carbocycles. The first-order chi connectivity index (χ1) is 15.5. The summed E-state index contributed by atoms with van der Waals surface area (Å²) in [6.45, 7) is 3.05. The van der Waals surface area contributed by atoms with Gasteiger partial charge in [-0.2, -0.15) is 10.1 Å². The van der Waals surface area contributed by atoms with Crippen LogP contribution in [0.3, 0.4) is 0 Å². The predicted molar refractivity (Wildman–Crippen MR) is 118 cm³/mol. The minimum Gasteiger partial charge on any atom is -0.497 e. The van der Waals surface area contributed by atoms with Crippen LogP contribution in [0, 0.1) is 6.92 Å².